The number of ether oxygens (including phenoxy) is 2. The van der Waals surface area contributed by atoms with E-state index in [2.05, 4.69) is 79.1 Å². The lowest BCUT2D eigenvalue weighted by atomic mass is 9.98. The third-order valence-electron chi connectivity index (χ3n) is 7.17. The highest BCUT2D eigenvalue weighted by Gasteiger charge is 2.29. The summed E-state index contributed by atoms with van der Waals surface area (Å²) >= 11 is 0. The quantitative estimate of drug-likeness (QED) is 0.528. The Kier molecular flexibility index (Phi) is 8.76. The van der Waals surface area contributed by atoms with Crippen LogP contribution >= 0.6 is 0 Å². The number of piperidine rings is 1. The van der Waals surface area contributed by atoms with E-state index in [-0.39, 0.29) is 18.2 Å². The molecule has 4 rings (SSSR count). The summed E-state index contributed by atoms with van der Waals surface area (Å²) in [6, 6.07) is 17.4. The van der Waals surface area contributed by atoms with Gasteiger partial charge < -0.3 is 19.3 Å². The van der Waals surface area contributed by atoms with Crippen molar-refractivity contribution in [1.82, 2.24) is 9.80 Å². The Labute approximate surface area is 205 Å². The highest BCUT2D eigenvalue weighted by atomic mass is 16.7. The van der Waals surface area contributed by atoms with Gasteiger partial charge in [-0.1, -0.05) is 67.9 Å². The van der Waals surface area contributed by atoms with Crippen LogP contribution in [-0.4, -0.2) is 60.9 Å². The molecule has 0 aromatic heterocycles. The van der Waals surface area contributed by atoms with Crippen LogP contribution in [0.3, 0.4) is 0 Å². The van der Waals surface area contributed by atoms with Gasteiger partial charge in [-0.3, -0.25) is 4.79 Å². The van der Waals surface area contributed by atoms with E-state index in [0.717, 1.165) is 44.5 Å². The van der Waals surface area contributed by atoms with Gasteiger partial charge in [0.25, 0.3) is 0 Å². The molecular weight excluding hydrogens is 424 g/mol. The van der Waals surface area contributed by atoms with Crippen LogP contribution in [0.25, 0.3) is 0 Å². The number of carbonyl (C=O) groups excluding carboxylic acids is 1. The molecule has 0 N–H and O–H groups in total. The second-order valence-electron chi connectivity index (χ2n) is 10.1. The first-order valence-electron chi connectivity index (χ1n) is 12.9. The Bertz CT molecular complexity index is 896. The van der Waals surface area contributed by atoms with E-state index in [0.29, 0.717) is 32.1 Å². The molecule has 2 aliphatic heterocycles. The number of hydrogen-bond acceptors (Lipinski definition) is 4. The number of likely N-dealkylation sites (tertiary alicyclic amines) is 1. The zero-order valence-electron chi connectivity index (χ0n) is 21.0. The lowest BCUT2D eigenvalue weighted by Gasteiger charge is -2.39. The van der Waals surface area contributed by atoms with Gasteiger partial charge in [-0.2, -0.15) is 0 Å². The number of hydrogen-bond donors (Lipinski definition) is 0. The van der Waals surface area contributed by atoms with Gasteiger partial charge in [0, 0.05) is 38.6 Å². The van der Waals surface area contributed by atoms with Gasteiger partial charge in [-0.15, -0.1) is 0 Å². The number of benzene rings is 2. The van der Waals surface area contributed by atoms with Crippen LogP contribution in [0.2, 0.25) is 0 Å². The maximum Gasteiger partial charge on any atom is 0.227 e. The van der Waals surface area contributed by atoms with E-state index >= 15 is 0 Å². The van der Waals surface area contributed by atoms with E-state index in [1.165, 1.54) is 16.7 Å². The van der Waals surface area contributed by atoms with Gasteiger partial charge in [-0.05, 0) is 42.4 Å². The summed E-state index contributed by atoms with van der Waals surface area (Å²) in [7, 11) is 0. The Hall–Kier alpha value is -2.21. The molecule has 0 unspecified atom stereocenters. The van der Waals surface area contributed by atoms with E-state index in [9.17, 15) is 4.79 Å². The maximum atomic E-state index is 13.6. The van der Waals surface area contributed by atoms with Crippen LogP contribution in [0.5, 0.6) is 0 Å². The Morgan fingerprint density at radius 2 is 1.59 bits per heavy atom. The Balaban J connectivity index is 1.39. The van der Waals surface area contributed by atoms with Gasteiger partial charge in [-0.25, -0.2) is 0 Å². The number of nitrogens with zero attached hydrogens (tertiary/aromatic N) is 2. The summed E-state index contributed by atoms with van der Waals surface area (Å²) < 4.78 is 11.2. The summed E-state index contributed by atoms with van der Waals surface area (Å²) in [6.45, 7) is 11.6. The van der Waals surface area contributed by atoms with Crippen molar-refractivity contribution in [2.45, 2.75) is 71.2 Å². The third kappa shape index (κ3) is 6.91. The largest absolute Gasteiger partial charge is 0.350 e. The normalized spacial score (nSPS) is 18.0. The standard InChI is InChI=1S/C29H40N2O3/c1-22(2)26-10-8-24(9-11-26)20-28(32)31(21-25-6-4-23(3)5-7-25)27-12-15-30(16-13-27)17-14-29-33-18-19-34-29/h4-11,22,27,29H,12-21H2,1-3H3. The molecule has 2 aromatic rings. The van der Waals surface area contributed by atoms with Crippen LogP contribution in [0.4, 0.5) is 0 Å². The second-order valence-corrected chi connectivity index (χ2v) is 10.1. The monoisotopic (exact) mass is 464 g/mol. The van der Waals surface area contributed by atoms with Gasteiger partial charge in [0.15, 0.2) is 6.29 Å². The molecule has 0 radical (unpaired) electrons. The molecule has 34 heavy (non-hydrogen) atoms. The zero-order chi connectivity index (χ0) is 23.9. The molecule has 184 valence electrons. The van der Waals surface area contributed by atoms with E-state index in [1.807, 2.05) is 0 Å². The lowest BCUT2D eigenvalue weighted by Crippen LogP contribution is -2.48. The first-order chi connectivity index (χ1) is 16.5. The third-order valence-corrected chi connectivity index (χ3v) is 7.17. The number of amides is 1. The molecule has 5 heteroatoms. The molecule has 0 spiro atoms. The highest BCUT2D eigenvalue weighted by molar-refractivity contribution is 5.79. The van der Waals surface area contributed by atoms with E-state index < -0.39 is 0 Å². The predicted octanol–water partition coefficient (Wildman–Crippen LogP) is 4.92. The van der Waals surface area contributed by atoms with Crippen molar-refractivity contribution < 1.29 is 14.3 Å². The molecule has 2 aliphatic rings. The van der Waals surface area contributed by atoms with Gasteiger partial charge in [0.2, 0.25) is 5.91 Å². The minimum absolute atomic E-state index is 0.0422. The fourth-order valence-corrected chi connectivity index (χ4v) is 4.92. The minimum Gasteiger partial charge on any atom is -0.350 e. The molecule has 0 bridgehead atoms. The predicted molar refractivity (Wildman–Crippen MR) is 136 cm³/mol. The molecule has 2 saturated heterocycles. The average Bonchev–Trinajstić information content (AvgIpc) is 3.37. The average molecular weight is 465 g/mol. The topological polar surface area (TPSA) is 42.0 Å². The fourth-order valence-electron chi connectivity index (χ4n) is 4.92. The lowest BCUT2D eigenvalue weighted by molar-refractivity contribution is -0.134. The molecular formula is C29H40N2O3. The summed E-state index contributed by atoms with van der Waals surface area (Å²) in [4.78, 5) is 18.2. The van der Waals surface area contributed by atoms with Gasteiger partial charge in [0.05, 0.1) is 19.6 Å². The van der Waals surface area contributed by atoms with Crippen molar-refractivity contribution in [2.24, 2.45) is 0 Å². The zero-order valence-corrected chi connectivity index (χ0v) is 21.0. The molecule has 5 nitrogen and oxygen atoms in total. The van der Waals surface area contributed by atoms with Crippen molar-refractivity contribution in [3.8, 4) is 0 Å². The van der Waals surface area contributed by atoms with Crippen LogP contribution in [0.1, 0.15) is 61.3 Å². The molecule has 0 aliphatic carbocycles. The Morgan fingerprint density at radius 1 is 0.971 bits per heavy atom. The molecule has 2 heterocycles. The van der Waals surface area contributed by atoms with Crippen LogP contribution < -0.4 is 0 Å². The van der Waals surface area contributed by atoms with Crippen molar-refractivity contribution in [2.75, 3.05) is 32.8 Å². The Morgan fingerprint density at radius 3 is 2.21 bits per heavy atom. The fraction of sp³-hybridized carbons (Fsp3) is 0.552. The number of carbonyl (C=O) groups is 1. The smallest absolute Gasteiger partial charge is 0.227 e. The number of aryl methyl sites for hydroxylation is 1. The van der Waals surface area contributed by atoms with E-state index in [4.69, 9.17) is 9.47 Å². The molecule has 1 amide bonds. The van der Waals surface area contributed by atoms with E-state index in [1.54, 1.807) is 0 Å². The first kappa shape index (κ1) is 24.9. The summed E-state index contributed by atoms with van der Waals surface area (Å²) in [6.07, 6.45) is 3.36. The highest BCUT2D eigenvalue weighted by Crippen LogP contribution is 2.22. The molecule has 2 fully saturated rings. The molecule has 0 saturated carbocycles. The van der Waals surface area contributed by atoms with Crippen molar-refractivity contribution in [3.63, 3.8) is 0 Å². The van der Waals surface area contributed by atoms with Crippen molar-refractivity contribution in [3.05, 3.63) is 70.8 Å². The molecule has 0 atom stereocenters. The maximum absolute atomic E-state index is 13.6. The summed E-state index contributed by atoms with van der Waals surface area (Å²) in [5.41, 5.74) is 4.85. The minimum atomic E-state index is -0.0422. The van der Waals surface area contributed by atoms with Gasteiger partial charge >= 0.3 is 0 Å². The summed E-state index contributed by atoms with van der Waals surface area (Å²) in [5, 5.41) is 0. The molecule has 2 aromatic carbocycles. The SMILES string of the molecule is Cc1ccc(CN(C(=O)Cc2ccc(C(C)C)cc2)C2CCN(CCC3OCCO3)CC2)cc1. The first-order valence-corrected chi connectivity index (χ1v) is 12.9. The van der Waals surface area contributed by atoms with Crippen LogP contribution in [0, 0.1) is 6.92 Å². The van der Waals surface area contributed by atoms with Crippen molar-refractivity contribution in [1.29, 1.82) is 0 Å². The number of rotatable bonds is 9. The van der Waals surface area contributed by atoms with Crippen LogP contribution in [0.15, 0.2) is 48.5 Å². The van der Waals surface area contributed by atoms with Crippen molar-refractivity contribution >= 4 is 5.91 Å². The second kappa shape index (κ2) is 12.0. The van der Waals surface area contributed by atoms with Gasteiger partial charge in [0.1, 0.15) is 0 Å². The van der Waals surface area contributed by atoms with Crippen LogP contribution in [-0.2, 0) is 27.2 Å². The summed E-state index contributed by atoms with van der Waals surface area (Å²) in [5.74, 6) is 0.726.